The van der Waals surface area contributed by atoms with Gasteiger partial charge in [0.2, 0.25) is 0 Å². The Balaban J connectivity index is 2.01. The van der Waals surface area contributed by atoms with Gasteiger partial charge in [0.25, 0.3) is 0 Å². The van der Waals surface area contributed by atoms with Gasteiger partial charge in [-0.25, -0.2) is 15.0 Å². The molecule has 1 saturated carbocycles. The Labute approximate surface area is 115 Å². The van der Waals surface area contributed by atoms with Crippen LogP contribution in [0.15, 0.2) is 30.9 Å². The third-order valence-electron chi connectivity index (χ3n) is 3.68. The molecule has 3 aromatic rings. The van der Waals surface area contributed by atoms with Gasteiger partial charge in [0.05, 0.1) is 5.39 Å². The Kier molecular flexibility index (Phi) is 2.20. The van der Waals surface area contributed by atoms with E-state index in [1.807, 2.05) is 6.07 Å². The van der Waals surface area contributed by atoms with Crippen molar-refractivity contribution in [1.29, 1.82) is 0 Å². The van der Waals surface area contributed by atoms with E-state index in [-0.39, 0.29) is 0 Å². The van der Waals surface area contributed by atoms with Crippen molar-refractivity contribution >= 4 is 22.7 Å². The topological polar surface area (TPSA) is 95.6 Å². The lowest BCUT2D eigenvalue weighted by atomic mass is 10.1. The van der Waals surface area contributed by atoms with E-state index in [2.05, 4.69) is 25.7 Å². The van der Waals surface area contributed by atoms with Crippen LogP contribution in [-0.2, 0) is 0 Å². The van der Waals surface area contributed by atoms with Crippen LogP contribution in [0.25, 0.3) is 22.2 Å². The molecule has 100 valence electrons. The van der Waals surface area contributed by atoms with E-state index in [1.165, 1.54) is 19.2 Å². The fourth-order valence-electron chi connectivity index (χ4n) is 2.52. The maximum Gasteiger partial charge on any atom is 0.146 e. The number of rotatable bonds is 2. The number of nitrogens with zero attached hydrogens (tertiary/aromatic N) is 4. The molecule has 4 rings (SSSR count). The van der Waals surface area contributed by atoms with Gasteiger partial charge >= 0.3 is 0 Å². The first-order chi connectivity index (χ1) is 9.74. The van der Waals surface area contributed by atoms with Crippen LogP contribution in [0.1, 0.15) is 18.9 Å². The minimum absolute atomic E-state index is 0.501. The average Bonchev–Trinajstić information content (AvgIpc) is 3.21. The summed E-state index contributed by atoms with van der Waals surface area (Å²) in [6, 6.07) is 4.26. The second-order valence-electron chi connectivity index (χ2n) is 5.11. The van der Waals surface area contributed by atoms with Gasteiger partial charge in [0.1, 0.15) is 23.6 Å². The molecule has 0 aliphatic heterocycles. The molecule has 0 spiro atoms. The van der Waals surface area contributed by atoms with Gasteiger partial charge in [0.15, 0.2) is 0 Å². The van der Waals surface area contributed by atoms with Crippen molar-refractivity contribution in [2.75, 3.05) is 11.5 Å². The predicted molar refractivity (Wildman–Crippen MR) is 77.9 cm³/mol. The Bertz CT molecular complexity index is 785. The summed E-state index contributed by atoms with van der Waals surface area (Å²) in [5.74, 6) is 1.00. The average molecular weight is 266 g/mol. The third kappa shape index (κ3) is 1.61. The first-order valence-electron chi connectivity index (χ1n) is 6.57. The standard InChI is InChI=1S/C14H14N6/c15-11-4-1-8(5-17-11)10-6-20(9-2-3-9)14-12(10)13(16)18-7-19-14/h1,4-7,9H,2-3H2,(H2,15,17)(H2,16,18,19). The van der Waals surface area contributed by atoms with E-state index < -0.39 is 0 Å². The van der Waals surface area contributed by atoms with E-state index in [0.29, 0.717) is 17.7 Å². The van der Waals surface area contributed by atoms with Crippen LogP contribution in [0.2, 0.25) is 0 Å². The first kappa shape index (κ1) is 11.2. The molecule has 6 nitrogen and oxygen atoms in total. The highest BCUT2D eigenvalue weighted by molar-refractivity contribution is 6.00. The van der Waals surface area contributed by atoms with Gasteiger partial charge < -0.3 is 16.0 Å². The van der Waals surface area contributed by atoms with Crippen molar-refractivity contribution in [3.63, 3.8) is 0 Å². The van der Waals surface area contributed by atoms with E-state index in [4.69, 9.17) is 11.5 Å². The number of hydrogen-bond acceptors (Lipinski definition) is 5. The van der Waals surface area contributed by atoms with Crippen LogP contribution < -0.4 is 11.5 Å². The second-order valence-corrected chi connectivity index (χ2v) is 5.11. The molecule has 4 N–H and O–H groups in total. The van der Waals surface area contributed by atoms with Gasteiger partial charge in [-0.3, -0.25) is 0 Å². The number of nitrogens with two attached hydrogens (primary N) is 2. The van der Waals surface area contributed by atoms with E-state index in [1.54, 1.807) is 12.3 Å². The molecule has 0 radical (unpaired) electrons. The van der Waals surface area contributed by atoms with Crippen LogP contribution in [0.4, 0.5) is 11.6 Å². The number of fused-ring (bicyclic) bond motifs is 1. The summed E-state index contributed by atoms with van der Waals surface area (Å²) >= 11 is 0. The molecule has 0 bridgehead atoms. The molecule has 1 aliphatic carbocycles. The van der Waals surface area contributed by atoms with Gasteiger partial charge in [-0.1, -0.05) is 0 Å². The van der Waals surface area contributed by atoms with Gasteiger partial charge in [-0.2, -0.15) is 0 Å². The lowest BCUT2D eigenvalue weighted by Crippen LogP contribution is -1.96. The van der Waals surface area contributed by atoms with Gasteiger partial charge in [0, 0.05) is 29.6 Å². The maximum atomic E-state index is 6.05. The van der Waals surface area contributed by atoms with Gasteiger partial charge in [-0.15, -0.1) is 0 Å². The van der Waals surface area contributed by atoms with Crippen molar-refractivity contribution < 1.29 is 0 Å². The zero-order valence-electron chi connectivity index (χ0n) is 10.8. The summed E-state index contributed by atoms with van der Waals surface area (Å²) < 4.78 is 2.19. The fourth-order valence-corrected chi connectivity index (χ4v) is 2.52. The molecule has 20 heavy (non-hydrogen) atoms. The zero-order chi connectivity index (χ0) is 13.7. The Morgan fingerprint density at radius 2 is 1.95 bits per heavy atom. The molecule has 0 unspecified atom stereocenters. The van der Waals surface area contributed by atoms with Crippen molar-refractivity contribution in [3.05, 3.63) is 30.9 Å². The molecule has 1 fully saturated rings. The van der Waals surface area contributed by atoms with E-state index >= 15 is 0 Å². The summed E-state index contributed by atoms with van der Waals surface area (Å²) in [5, 5.41) is 0.894. The highest BCUT2D eigenvalue weighted by Gasteiger charge is 2.27. The molecule has 3 aromatic heterocycles. The first-order valence-corrected chi connectivity index (χ1v) is 6.57. The maximum absolute atomic E-state index is 6.05. The van der Waals surface area contributed by atoms with Crippen LogP contribution >= 0.6 is 0 Å². The quantitative estimate of drug-likeness (QED) is 0.739. The number of anilines is 2. The highest BCUT2D eigenvalue weighted by atomic mass is 15.1. The van der Waals surface area contributed by atoms with E-state index in [9.17, 15) is 0 Å². The van der Waals surface area contributed by atoms with Crippen LogP contribution in [0.3, 0.4) is 0 Å². The van der Waals surface area contributed by atoms with E-state index in [0.717, 1.165) is 22.2 Å². The molecular weight excluding hydrogens is 252 g/mol. The lowest BCUT2D eigenvalue weighted by molar-refractivity contribution is 0.766. The number of aromatic nitrogens is 4. The highest BCUT2D eigenvalue weighted by Crippen LogP contribution is 2.41. The summed E-state index contributed by atoms with van der Waals surface area (Å²) in [6.07, 6.45) is 7.75. The summed E-state index contributed by atoms with van der Waals surface area (Å²) in [7, 11) is 0. The SMILES string of the molecule is Nc1ccc(-c2cn(C3CC3)c3ncnc(N)c23)cn1. The summed E-state index contributed by atoms with van der Waals surface area (Å²) in [6.45, 7) is 0. The molecule has 0 atom stereocenters. The minimum Gasteiger partial charge on any atom is -0.384 e. The van der Waals surface area contributed by atoms with Gasteiger partial charge in [-0.05, 0) is 25.0 Å². The molecule has 1 aliphatic rings. The molecule has 3 heterocycles. The molecular formula is C14H14N6. The number of hydrogen-bond donors (Lipinski definition) is 2. The Morgan fingerprint density at radius 1 is 1.10 bits per heavy atom. The molecule has 0 amide bonds. The molecule has 6 heteroatoms. The summed E-state index contributed by atoms with van der Waals surface area (Å²) in [5.41, 5.74) is 14.6. The van der Waals surface area contributed by atoms with Crippen molar-refractivity contribution in [2.24, 2.45) is 0 Å². The zero-order valence-corrected chi connectivity index (χ0v) is 10.8. The second kappa shape index (κ2) is 3.93. The van der Waals surface area contributed by atoms with Crippen LogP contribution in [0, 0.1) is 0 Å². The lowest BCUT2D eigenvalue weighted by Gasteiger charge is -2.01. The largest absolute Gasteiger partial charge is 0.384 e. The van der Waals surface area contributed by atoms with Crippen LogP contribution in [0.5, 0.6) is 0 Å². The summed E-state index contributed by atoms with van der Waals surface area (Å²) in [4.78, 5) is 12.7. The monoisotopic (exact) mass is 266 g/mol. The molecule has 0 aromatic carbocycles. The Hall–Kier alpha value is -2.63. The predicted octanol–water partition coefficient (Wildman–Crippen LogP) is 1.99. The molecule has 0 saturated heterocycles. The van der Waals surface area contributed by atoms with Crippen molar-refractivity contribution in [1.82, 2.24) is 19.5 Å². The smallest absolute Gasteiger partial charge is 0.146 e. The number of nitrogen functional groups attached to an aromatic ring is 2. The Morgan fingerprint density at radius 3 is 2.65 bits per heavy atom. The minimum atomic E-state index is 0.501. The van der Waals surface area contributed by atoms with Crippen molar-refractivity contribution in [2.45, 2.75) is 18.9 Å². The fraction of sp³-hybridized carbons (Fsp3) is 0.214. The number of pyridine rings is 1. The normalized spacial score (nSPS) is 14.8. The third-order valence-corrected chi connectivity index (χ3v) is 3.68. The van der Waals surface area contributed by atoms with Crippen LogP contribution in [-0.4, -0.2) is 19.5 Å². The van der Waals surface area contributed by atoms with Crippen molar-refractivity contribution in [3.8, 4) is 11.1 Å².